The summed E-state index contributed by atoms with van der Waals surface area (Å²) in [6.07, 6.45) is -0.304. The molecule has 0 aromatic heterocycles. The Labute approximate surface area is 137 Å². The minimum atomic E-state index is -1.01. The number of carbonyl (C=O) groups excluding carboxylic acids is 2. The van der Waals surface area contributed by atoms with Crippen LogP contribution in [-0.4, -0.2) is 64.0 Å². The molecule has 23 heavy (non-hydrogen) atoms. The van der Waals surface area contributed by atoms with Crippen LogP contribution in [0, 0.1) is 0 Å². The first-order chi connectivity index (χ1) is 10.8. The van der Waals surface area contributed by atoms with Gasteiger partial charge in [0.15, 0.2) is 0 Å². The van der Waals surface area contributed by atoms with Crippen LogP contribution in [0.25, 0.3) is 0 Å². The Kier molecular flexibility index (Phi) is 10.4. The van der Waals surface area contributed by atoms with Gasteiger partial charge in [-0.1, -0.05) is 6.08 Å². The van der Waals surface area contributed by atoms with E-state index in [1.165, 1.54) is 20.3 Å². The van der Waals surface area contributed by atoms with E-state index in [0.717, 1.165) is 0 Å². The van der Waals surface area contributed by atoms with E-state index in [0.29, 0.717) is 6.29 Å². The molecular weight excluding hydrogens is 306 g/mol. The molecule has 0 bridgehead atoms. The number of hydrogen-bond donors (Lipinski definition) is 1. The molecule has 3 atom stereocenters. The smallest absolute Gasteiger partial charge is 0.408 e. The van der Waals surface area contributed by atoms with Crippen molar-refractivity contribution in [2.24, 2.45) is 0 Å². The topological polar surface area (TPSA) is 92.3 Å². The van der Waals surface area contributed by atoms with Gasteiger partial charge in [0.25, 0.3) is 0 Å². The van der Waals surface area contributed by atoms with E-state index < -0.39 is 29.9 Å². The fraction of sp³-hybridized carbons (Fsp3) is 0.733. The van der Waals surface area contributed by atoms with Crippen LogP contribution in [0.4, 0.5) is 4.79 Å². The number of nitrogens with one attached hydrogen (secondary N) is 1. The van der Waals surface area contributed by atoms with E-state index in [1.54, 1.807) is 20.8 Å². The number of amides is 1. The quantitative estimate of drug-likeness (QED) is 0.345. The molecule has 0 radical (unpaired) electrons. The van der Waals surface area contributed by atoms with Crippen LogP contribution in [0.3, 0.4) is 0 Å². The van der Waals surface area contributed by atoms with Crippen molar-refractivity contribution in [3.8, 4) is 0 Å². The van der Waals surface area contributed by atoms with Crippen molar-refractivity contribution in [3.63, 3.8) is 0 Å². The molecule has 1 N–H and O–H groups in total. The van der Waals surface area contributed by atoms with Gasteiger partial charge in [-0.15, -0.1) is 6.58 Å². The largest absolute Gasteiger partial charge is 0.444 e. The molecule has 0 aromatic carbocycles. The van der Waals surface area contributed by atoms with Crippen molar-refractivity contribution >= 4 is 12.4 Å². The fourth-order valence-electron chi connectivity index (χ4n) is 1.63. The Balaban J connectivity index is 5.02. The summed E-state index contributed by atoms with van der Waals surface area (Å²) in [6.45, 7) is 8.67. The molecule has 0 fully saturated rings. The summed E-state index contributed by atoms with van der Waals surface area (Å²) in [6, 6.07) is -1.01. The average molecular weight is 333 g/mol. The van der Waals surface area contributed by atoms with Gasteiger partial charge >= 0.3 is 6.09 Å². The van der Waals surface area contributed by atoms with Crippen molar-refractivity contribution in [3.05, 3.63) is 12.7 Å². The van der Waals surface area contributed by atoms with Crippen LogP contribution in [-0.2, 0) is 28.5 Å². The Hall–Kier alpha value is -1.48. The maximum absolute atomic E-state index is 11.9. The summed E-state index contributed by atoms with van der Waals surface area (Å²) < 4.78 is 25.7. The highest BCUT2D eigenvalue weighted by atomic mass is 16.7. The van der Waals surface area contributed by atoms with Gasteiger partial charge in [-0.3, -0.25) is 0 Å². The first kappa shape index (κ1) is 21.5. The predicted molar refractivity (Wildman–Crippen MR) is 82.9 cm³/mol. The van der Waals surface area contributed by atoms with E-state index in [2.05, 4.69) is 11.9 Å². The maximum Gasteiger partial charge on any atom is 0.408 e. The van der Waals surface area contributed by atoms with Crippen molar-refractivity contribution < 1.29 is 33.3 Å². The lowest BCUT2D eigenvalue weighted by Gasteiger charge is -2.30. The number of rotatable bonds is 11. The molecule has 8 heteroatoms. The Morgan fingerprint density at radius 1 is 1.17 bits per heavy atom. The lowest BCUT2D eigenvalue weighted by molar-refractivity contribution is -0.154. The molecule has 1 amide bonds. The number of methoxy groups -OCH3 is 2. The minimum absolute atomic E-state index is 0.0262. The van der Waals surface area contributed by atoms with Crippen LogP contribution in [0.1, 0.15) is 20.8 Å². The van der Waals surface area contributed by atoms with Crippen molar-refractivity contribution in [1.82, 2.24) is 5.32 Å². The molecule has 0 unspecified atom stereocenters. The highest BCUT2D eigenvalue weighted by molar-refractivity contribution is 5.74. The molecule has 0 aliphatic rings. The van der Waals surface area contributed by atoms with Crippen LogP contribution in [0.5, 0.6) is 0 Å². The van der Waals surface area contributed by atoms with Crippen LogP contribution < -0.4 is 5.32 Å². The second kappa shape index (κ2) is 11.1. The van der Waals surface area contributed by atoms with E-state index >= 15 is 0 Å². The lowest BCUT2D eigenvalue weighted by Crippen LogP contribution is -2.52. The molecule has 134 valence electrons. The van der Waals surface area contributed by atoms with Gasteiger partial charge in [0.2, 0.25) is 0 Å². The van der Waals surface area contributed by atoms with Crippen LogP contribution >= 0.6 is 0 Å². The molecule has 0 aliphatic carbocycles. The third-order valence-electron chi connectivity index (χ3n) is 2.50. The van der Waals surface area contributed by atoms with Gasteiger partial charge in [-0.2, -0.15) is 0 Å². The molecule has 0 saturated carbocycles. The second-order valence-electron chi connectivity index (χ2n) is 5.62. The Bertz CT molecular complexity index is 367. The summed E-state index contributed by atoms with van der Waals surface area (Å²) in [5.41, 5.74) is -0.690. The number of carbonyl (C=O) groups is 2. The normalized spacial score (nSPS) is 15.3. The van der Waals surface area contributed by atoms with E-state index in [-0.39, 0.29) is 13.6 Å². The molecule has 0 saturated heterocycles. The first-order valence-electron chi connectivity index (χ1n) is 7.07. The predicted octanol–water partition coefficient (Wildman–Crippen LogP) is 1.24. The molecular formula is C15H27NO7. The maximum atomic E-state index is 11.9. The average Bonchev–Trinajstić information content (AvgIpc) is 2.46. The van der Waals surface area contributed by atoms with Gasteiger partial charge in [0.05, 0.1) is 0 Å². The molecule has 0 aromatic rings. The summed E-state index contributed by atoms with van der Waals surface area (Å²) in [5.74, 6) is 0. The Morgan fingerprint density at radius 2 is 1.74 bits per heavy atom. The number of ether oxygens (including phenoxy) is 5. The second-order valence-corrected chi connectivity index (χ2v) is 5.62. The van der Waals surface area contributed by atoms with Crippen LogP contribution in [0.15, 0.2) is 12.7 Å². The lowest BCUT2D eigenvalue weighted by atomic mass is 10.1. The van der Waals surface area contributed by atoms with E-state index in [9.17, 15) is 9.59 Å². The summed E-state index contributed by atoms with van der Waals surface area (Å²) in [7, 11) is 2.90. The zero-order chi connectivity index (χ0) is 17.9. The fourth-order valence-corrected chi connectivity index (χ4v) is 1.63. The van der Waals surface area contributed by atoms with Gasteiger partial charge < -0.3 is 33.8 Å². The zero-order valence-corrected chi connectivity index (χ0v) is 14.4. The monoisotopic (exact) mass is 333 g/mol. The van der Waals surface area contributed by atoms with Gasteiger partial charge in [-0.25, -0.2) is 4.79 Å². The van der Waals surface area contributed by atoms with Gasteiger partial charge in [0, 0.05) is 14.2 Å². The molecule has 0 aliphatic heterocycles. The van der Waals surface area contributed by atoms with E-state index in [4.69, 9.17) is 23.7 Å². The SMILES string of the molecule is C=C[C@H](OCOC)[C@@H](OCOC)[C@H](C=O)NC(=O)OC(C)(C)C. The minimum Gasteiger partial charge on any atom is -0.444 e. The standard InChI is InChI=1S/C15H27NO7/c1-7-12(21-9-19-5)13(22-10-20-6)11(8-17)16-14(18)23-15(2,3)4/h7-8,11-13H,1,9-10H2,2-6H3,(H,16,18)/t11-,12-,13-/m0/s1. The van der Waals surface area contributed by atoms with E-state index in [1.807, 2.05) is 0 Å². The highest BCUT2D eigenvalue weighted by Gasteiger charge is 2.32. The number of aldehydes is 1. The third-order valence-corrected chi connectivity index (χ3v) is 2.50. The molecule has 0 rings (SSSR count). The molecule has 8 nitrogen and oxygen atoms in total. The highest BCUT2D eigenvalue weighted by Crippen LogP contribution is 2.12. The molecule has 0 heterocycles. The van der Waals surface area contributed by atoms with Crippen molar-refractivity contribution in [2.45, 2.75) is 44.6 Å². The van der Waals surface area contributed by atoms with Gasteiger partial charge in [0.1, 0.15) is 43.7 Å². The summed E-state index contributed by atoms with van der Waals surface area (Å²) >= 11 is 0. The van der Waals surface area contributed by atoms with Gasteiger partial charge in [-0.05, 0) is 20.8 Å². The molecule has 0 spiro atoms. The third kappa shape index (κ3) is 9.29. The van der Waals surface area contributed by atoms with Crippen molar-refractivity contribution in [1.29, 1.82) is 0 Å². The van der Waals surface area contributed by atoms with Crippen molar-refractivity contribution in [2.75, 3.05) is 27.8 Å². The summed E-state index contributed by atoms with van der Waals surface area (Å²) in [5, 5.41) is 2.45. The number of hydrogen-bond acceptors (Lipinski definition) is 7. The summed E-state index contributed by atoms with van der Waals surface area (Å²) in [4.78, 5) is 23.3. The van der Waals surface area contributed by atoms with Crippen LogP contribution in [0.2, 0.25) is 0 Å². The Morgan fingerprint density at radius 3 is 2.17 bits per heavy atom. The zero-order valence-electron chi connectivity index (χ0n) is 14.4. The number of alkyl carbamates (subject to hydrolysis) is 1. The first-order valence-corrected chi connectivity index (χ1v) is 7.07.